The van der Waals surface area contributed by atoms with Crippen molar-refractivity contribution in [3.8, 4) is 11.1 Å². The zero-order valence-electron chi connectivity index (χ0n) is 19.3. The van der Waals surface area contributed by atoms with Gasteiger partial charge in [-0.25, -0.2) is 4.79 Å². The van der Waals surface area contributed by atoms with Gasteiger partial charge in [0.15, 0.2) is 0 Å². The van der Waals surface area contributed by atoms with E-state index in [1.807, 2.05) is 31.2 Å². The number of aliphatic carboxylic acids is 1. The molecule has 34 heavy (non-hydrogen) atoms. The number of hydrogen-bond acceptors (Lipinski definition) is 4. The van der Waals surface area contributed by atoms with Crippen molar-refractivity contribution < 1.29 is 24.2 Å². The predicted molar refractivity (Wildman–Crippen MR) is 126 cm³/mol. The van der Waals surface area contributed by atoms with Crippen molar-refractivity contribution in [2.45, 2.75) is 44.6 Å². The number of hydrogen-bond donors (Lipinski definition) is 2. The Bertz CT molecular complexity index is 1090. The van der Waals surface area contributed by atoms with E-state index in [1.165, 1.54) is 22.3 Å². The summed E-state index contributed by atoms with van der Waals surface area (Å²) in [5.41, 5.74) is 4.27. The normalized spacial score (nSPS) is 24.0. The average molecular weight is 463 g/mol. The van der Waals surface area contributed by atoms with Gasteiger partial charge in [-0.05, 0) is 54.4 Å². The number of benzene rings is 2. The molecule has 2 aromatic rings. The second kappa shape index (κ2) is 8.78. The van der Waals surface area contributed by atoms with Gasteiger partial charge < -0.3 is 20.1 Å². The number of nitrogens with one attached hydrogen (secondary N) is 1. The maximum absolute atomic E-state index is 13.1. The number of amides is 2. The van der Waals surface area contributed by atoms with Crippen molar-refractivity contribution in [1.82, 2.24) is 10.2 Å². The Morgan fingerprint density at radius 2 is 1.71 bits per heavy atom. The van der Waals surface area contributed by atoms with Crippen molar-refractivity contribution >= 4 is 18.0 Å². The van der Waals surface area contributed by atoms with Gasteiger partial charge in [-0.1, -0.05) is 48.5 Å². The molecule has 0 radical (unpaired) electrons. The molecular weight excluding hydrogens is 432 g/mol. The summed E-state index contributed by atoms with van der Waals surface area (Å²) >= 11 is 0. The minimum Gasteiger partial charge on any atom is -0.481 e. The largest absolute Gasteiger partial charge is 0.481 e. The van der Waals surface area contributed by atoms with Crippen molar-refractivity contribution in [2.24, 2.45) is 11.3 Å². The van der Waals surface area contributed by atoms with Crippen molar-refractivity contribution in [3.63, 3.8) is 0 Å². The fraction of sp³-hybridized carbons (Fsp3) is 0.444. The zero-order valence-corrected chi connectivity index (χ0v) is 19.3. The highest BCUT2D eigenvalue weighted by atomic mass is 16.5. The van der Waals surface area contributed by atoms with E-state index in [0.29, 0.717) is 13.0 Å². The number of carbonyl (C=O) groups is 3. The van der Waals surface area contributed by atoms with Gasteiger partial charge in [0.25, 0.3) is 0 Å². The van der Waals surface area contributed by atoms with Gasteiger partial charge in [0.05, 0.1) is 11.8 Å². The van der Waals surface area contributed by atoms with Gasteiger partial charge in [-0.15, -0.1) is 0 Å². The Morgan fingerprint density at radius 3 is 2.32 bits per heavy atom. The topological polar surface area (TPSA) is 95.9 Å². The molecule has 2 amide bonds. The summed E-state index contributed by atoms with van der Waals surface area (Å²) in [4.78, 5) is 38.3. The maximum Gasteiger partial charge on any atom is 0.407 e. The third-order valence-electron chi connectivity index (χ3n) is 7.77. The summed E-state index contributed by atoms with van der Waals surface area (Å²) in [5.74, 6) is -0.622. The highest BCUT2D eigenvalue weighted by Crippen LogP contribution is 2.64. The molecule has 0 bridgehead atoms. The monoisotopic (exact) mass is 462 g/mol. The van der Waals surface area contributed by atoms with E-state index in [2.05, 4.69) is 29.6 Å². The molecule has 7 heteroatoms. The molecule has 5 rings (SSSR count). The quantitative estimate of drug-likeness (QED) is 0.618. The SMILES string of the molecule is CCN(CCC(=O)O)C(=O)C12CC(NC(=O)OCC3c4ccccc4-c4ccccc43)CC1C2. The van der Waals surface area contributed by atoms with Gasteiger partial charge >= 0.3 is 12.1 Å². The molecular formula is C27H30N2O5. The van der Waals surface area contributed by atoms with Crippen LogP contribution in [-0.2, 0) is 14.3 Å². The van der Waals surface area contributed by atoms with Crippen LogP contribution < -0.4 is 5.32 Å². The molecule has 0 heterocycles. The number of rotatable bonds is 8. The highest BCUT2D eigenvalue weighted by Gasteiger charge is 2.65. The van der Waals surface area contributed by atoms with Crippen molar-refractivity contribution in [1.29, 1.82) is 0 Å². The molecule has 178 valence electrons. The van der Waals surface area contributed by atoms with Crippen molar-refractivity contribution in [2.75, 3.05) is 19.7 Å². The number of nitrogens with zero attached hydrogens (tertiary/aromatic N) is 1. The number of carbonyl (C=O) groups excluding carboxylic acids is 2. The lowest BCUT2D eigenvalue weighted by atomic mass is 9.98. The predicted octanol–water partition coefficient (Wildman–Crippen LogP) is 4.02. The first-order valence-electron chi connectivity index (χ1n) is 12.1. The number of alkyl carbamates (subject to hydrolysis) is 1. The molecule has 0 aliphatic heterocycles. The van der Waals surface area contributed by atoms with E-state index in [1.54, 1.807) is 4.90 Å². The van der Waals surface area contributed by atoms with Gasteiger partial charge in [-0.3, -0.25) is 9.59 Å². The van der Waals surface area contributed by atoms with Crippen LogP contribution in [0.5, 0.6) is 0 Å². The molecule has 2 aromatic carbocycles. The summed E-state index contributed by atoms with van der Waals surface area (Å²) in [6.07, 6.45) is 1.66. The zero-order chi connectivity index (χ0) is 23.9. The molecule has 0 saturated heterocycles. The maximum atomic E-state index is 13.1. The van der Waals surface area contributed by atoms with Gasteiger partial charge in [-0.2, -0.15) is 0 Å². The lowest BCUT2D eigenvalue weighted by Crippen LogP contribution is -2.41. The molecule has 2 fully saturated rings. The molecule has 3 atom stereocenters. The molecule has 2 N–H and O–H groups in total. The Hall–Kier alpha value is -3.35. The lowest BCUT2D eigenvalue weighted by molar-refractivity contribution is -0.140. The number of carboxylic acid groups (broad SMARTS) is 1. The van der Waals surface area contributed by atoms with E-state index >= 15 is 0 Å². The van der Waals surface area contributed by atoms with Crippen LogP contribution in [0.3, 0.4) is 0 Å². The minimum absolute atomic E-state index is 0.00963. The van der Waals surface area contributed by atoms with Crippen LogP contribution >= 0.6 is 0 Å². The third-order valence-corrected chi connectivity index (χ3v) is 7.77. The van der Waals surface area contributed by atoms with Crippen LogP contribution in [0.1, 0.15) is 49.7 Å². The number of ether oxygens (including phenoxy) is 1. The summed E-state index contributed by atoms with van der Waals surface area (Å²) in [7, 11) is 0. The molecule has 0 spiro atoms. The van der Waals surface area contributed by atoms with Crippen LogP contribution in [0.15, 0.2) is 48.5 Å². The van der Waals surface area contributed by atoms with Crippen LogP contribution in [0.25, 0.3) is 11.1 Å². The van der Waals surface area contributed by atoms with Crippen molar-refractivity contribution in [3.05, 3.63) is 59.7 Å². The number of carboxylic acids is 1. The molecule has 3 unspecified atom stereocenters. The summed E-state index contributed by atoms with van der Waals surface area (Å²) in [6, 6.07) is 16.3. The van der Waals surface area contributed by atoms with E-state index in [4.69, 9.17) is 9.84 Å². The Labute approximate surface area is 199 Å². The van der Waals surface area contributed by atoms with Gasteiger partial charge in [0.1, 0.15) is 6.61 Å². The fourth-order valence-corrected chi connectivity index (χ4v) is 6.02. The Kier molecular flexibility index (Phi) is 5.80. The first-order valence-corrected chi connectivity index (χ1v) is 12.1. The van der Waals surface area contributed by atoms with E-state index < -0.39 is 17.5 Å². The van der Waals surface area contributed by atoms with Gasteiger partial charge in [0.2, 0.25) is 5.91 Å². The Balaban J connectivity index is 1.17. The standard InChI is InChI=1S/C27H30N2O5/c1-2-29(12-11-24(30)31)25(32)27-14-17(27)13-18(15-27)28-26(33)34-16-23-21-9-5-3-7-19(21)20-8-4-6-10-22(20)23/h3-10,17-18,23H,2,11-16H2,1H3,(H,28,33)(H,30,31). The molecule has 3 aliphatic rings. The van der Waals surface area contributed by atoms with Crippen LogP contribution in [0.4, 0.5) is 4.79 Å². The molecule has 0 aromatic heterocycles. The molecule has 3 aliphatic carbocycles. The third kappa shape index (κ3) is 3.93. The molecule has 2 saturated carbocycles. The first-order chi connectivity index (χ1) is 16.4. The fourth-order valence-electron chi connectivity index (χ4n) is 6.02. The van der Waals surface area contributed by atoms with E-state index in [0.717, 1.165) is 12.8 Å². The first kappa shape index (κ1) is 22.4. The average Bonchev–Trinajstić information content (AvgIpc) is 3.26. The van der Waals surface area contributed by atoms with Crippen LogP contribution in [-0.4, -0.2) is 53.7 Å². The van der Waals surface area contributed by atoms with E-state index in [-0.39, 0.29) is 43.4 Å². The number of fused-ring (bicyclic) bond motifs is 4. The minimum atomic E-state index is -0.905. The molecule has 7 nitrogen and oxygen atoms in total. The van der Waals surface area contributed by atoms with Gasteiger partial charge in [0, 0.05) is 25.0 Å². The lowest BCUT2D eigenvalue weighted by Gasteiger charge is -2.26. The summed E-state index contributed by atoms with van der Waals surface area (Å²) in [5, 5.41) is 11.9. The van der Waals surface area contributed by atoms with E-state index in [9.17, 15) is 14.4 Å². The second-order valence-electron chi connectivity index (χ2n) is 9.69. The summed E-state index contributed by atoms with van der Waals surface area (Å²) < 4.78 is 5.67. The summed E-state index contributed by atoms with van der Waals surface area (Å²) in [6.45, 7) is 2.85. The smallest absolute Gasteiger partial charge is 0.407 e. The highest BCUT2D eigenvalue weighted by molar-refractivity contribution is 5.87. The van der Waals surface area contributed by atoms with Crippen LogP contribution in [0.2, 0.25) is 0 Å². The Morgan fingerprint density at radius 1 is 1.06 bits per heavy atom. The second-order valence-corrected chi connectivity index (χ2v) is 9.69. The van der Waals surface area contributed by atoms with Crippen LogP contribution in [0, 0.1) is 11.3 Å².